The molecular weight excluding hydrogens is 306 g/mol. The lowest BCUT2D eigenvalue weighted by molar-refractivity contribution is 0.400. The molecule has 0 atom stereocenters. The molecule has 3 aromatic rings. The van der Waals surface area contributed by atoms with Crippen LogP contribution in [0.4, 0.5) is 37.6 Å². The smallest absolute Gasteiger partial charge is 0.175 e. The third-order valence-corrected chi connectivity index (χ3v) is 2.94. The number of nitrogens with zero attached hydrogens (tertiary/aromatic N) is 3. The molecule has 9 heteroatoms. The minimum absolute atomic E-state index is 0.0846. The Bertz CT molecular complexity index is 851. The molecule has 4 N–H and O–H groups in total. The summed E-state index contributed by atoms with van der Waals surface area (Å²) in [6, 6.07) is 4.68. The zero-order chi connectivity index (χ0) is 16.4. The fourth-order valence-electron chi connectivity index (χ4n) is 1.86. The molecule has 0 fully saturated rings. The van der Waals surface area contributed by atoms with Crippen LogP contribution >= 0.6 is 0 Å². The van der Waals surface area contributed by atoms with Crippen LogP contribution in [0.15, 0.2) is 35.1 Å². The molecule has 0 aliphatic carbocycles. The van der Waals surface area contributed by atoms with Crippen LogP contribution in [0.3, 0.4) is 0 Å². The SMILES string of the molecule is Cc1cc(Nc2ncnc(Nc3cc(F)ccc3F)c2N)no1. The van der Waals surface area contributed by atoms with Crippen molar-refractivity contribution in [2.24, 2.45) is 0 Å². The average molecular weight is 318 g/mol. The first-order valence-electron chi connectivity index (χ1n) is 6.56. The maximum atomic E-state index is 13.7. The highest BCUT2D eigenvalue weighted by molar-refractivity contribution is 5.79. The van der Waals surface area contributed by atoms with E-state index < -0.39 is 11.6 Å². The van der Waals surface area contributed by atoms with Crippen LogP contribution in [0.5, 0.6) is 0 Å². The van der Waals surface area contributed by atoms with Gasteiger partial charge in [0.1, 0.15) is 29.4 Å². The van der Waals surface area contributed by atoms with E-state index in [1.807, 2.05) is 0 Å². The highest BCUT2D eigenvalue weighted by atomic mass is 19.1. The van der Waals surface area contributed by atoms with Gasteiger partial charge in [0.15, 0.2) is 17.5 Å². The van der Waals surface area contributed by atoms with Crippen LogP contribution in [0.25, 0.3) is 0 Å². The van der Waals surface area contributed by atoms with E-state index in [1.54, 1.807) is 13.0 Å². The number of hydrogen-bond acceptors (Lipinski definition) is 7. The Labute approximate surface area is 129 Å². The van der Waals surface area contributed by atoms with Crippen molar-refractivity contribution in [2.75, 3.05) is 16.4 Å². The minimum Gasteiger partial charge on any atom is -0.393 e. The van der Waals surface area contributed by atoms with Crippen molar-refractivity contribution in [1.29, 1.82) is 0 Å². The lowest BCUT2D eigenvalue weighted by atomic mass is 10.3. The molecule has 0 amide bonds. The standard InChI is InChI=1S/C14H12F2N6O/c1-7-4-11(22-23-7)21-14-12(17)13(18-6-19-14)20-10-5-8(15)2-3-9(10)16/h2-6H,17H2,1H3,(H2,18,19,20,21,22). The van der Waals surface area contributed by atoms with Crippen molar-refractivity contribution in [2.45, 2.75) is 6.92 Å². The molecule has 0 saturated heterocycles. The Morgan fingerprint density at radius 1 is 1.09 bits per heavy atom. The van der Waals surface area contributed by atoms with E-state index >= 15 is 0 Å². The zero-order valence-corrected chi connectivity index (χ0v) is 12.0. The number of rotatable bonds is 4. The highest BCUT2D eigenvalue weighted by Gasteiger charge is 2.12. The maximum absolute atomic E-state index is 13.7. The van der Waals surface area contributed by atoms with E-state index in [0.29, 0.717) is 11.6 Å². The summed E-state index contributed by atoms with van der Waals surface area (Å²) in [7, 11) is 0. The van der Waals surface area contributed by atoms with Crippen LogP contribution in [-0.2, 0) is 0 Å². The predicted molar refractivity (Wildman–Crippen MR) is 80.6 cm³/mol. The number of hydrogen-bond donors (Lipinski definition) is 3. The lowest BCUT2D eigenvalue weighted by Crippen LogP contribution is -2.06. The van der Waals surface area contributed by atoms with Gasteiger partial charge in [-0.15, -0.1) is 0 Å². The molecule has 2 aromatic heterocycles. The van der Waals surface area contributed by atoms with E-state index in [-0.39, 0.29) is 23.0 Å². The average Bonchev–Trinajstić information content (AvgIpc) is 2.92. The minimum atomic E-state index is -0.633. The fourth-order valence-corrected chi connectivity index (χ4v) is 1.86. The van der Waals surface area contributed by atoms with Gasteiger partial charge in [-0.25, -0.2) is 18.7 Å². The van der Waals surface area contributed by atoms with Gasteiger partial charge in [0, 0.05) is 12.1 Å². The number of nitrogens with one attached hydrogen (secondary N) is 2. The van der Waals surface area contributed by atoms with Crippen LogP contribution in [0.1, 0.15) is 5.76 Å². The lowest BCUT2D eigenvalue weighted by Gasteiger charge is -2.11. The third kappa shape index (κ3) is 3.18. The second-order valence-corrected chi connectivity index (χ2v) is 4.68. The van der Waals surface area contributed by atoms with E-state index in [4.69, 9.17) is 10.3 Å². The van der Waals surface area contributed by atoms with Crippen LogP contribution in [0.2, 0.25) is 0 Å². The van der Waals surface area contributed by atoms with Gasteiger partial charge < -0.3 is 20.9 Å². The van der Waals surface area contributed by atoms with Crippen LogP contribution < -0.4 is 16.4 Å². The topological polar surface area (TPSA) is 102 Å². The van der Waals surface area contributed by atoms with Gasteiger partial charge >= 0.3 is 0 Å². The maximum Gasteiger partial charge on any atom is 0.175 e. The molecule has 0 aliphatic rings. The number of nitrogen functional groups attached to an aromatic ring is 1. The van der Waals surface area contributed by atoms with E-state index in [1.165, 1.54) is 6.33 Å². The molecule has 2 heterocycles. The van der Waals surface area contributed by atoms with E-state index in [2.05, 4.69) is 25.8 Å². The van der Waals surface area contributed by atoms with Gasteiger partial charge in [0.05, 0.1) is 5.69 Å². The summed E-state index contributed by atoms with van der Waals surface area (Å²) in [5.41, 5.74) is 5.99. The van der Waals surface area contributed by atoms with Crippen LogP contribution in [0, 0.1) is 18.6 Å². The first kappa shape index (κ1) is 14.7. The summed E-state index contributed by atoms with van der Waals surface area (Å²) in [5.74, 6) is 0.194. The largest absolute Gasteiger partial charge is 0.393 e. The molecule has 23 heavy (non-hydrogen) atoms. The van der Waals surface area contributed by atoms with Crippen molar-refractivity contribution in [3.05, 3.63) is 48.0 Å². The van der Waals surface area contributed by atoms with Gasteiger partial charge in [-0.2, -0.15) is 0 Å². The zero-order valence-electron chi connectivity index (χ0n) is 12.0. The Balaban J connectivity index is 1.88. The van der Waals surface area contributed by atoms with Gasteiger partial charge in [-0.1, -0.05) is 5.16 Å². The summed E-state index contributed by atoms with van der Waals surface area (Å²) in [5, 5.41) is 9.25. The molecule has 0 spiro atoms. The Hall–Kier alpha value is -3.23. The highest BCUT2D eigenvalue weighted by Crippen LogP contribution is 2.29. The summed E-state index contributed by atoms with van der Waals surface area (Å²) >= 11 is 0. The van der Waals surface area contributed by atoms with Crippen molar-refractivity contribution in [3.63, 3.8) is 0 Å². The van der Waals surface area contributed by atoms with Crippen LogP contribution in [-0.4, -0.2) is 15.1 Å². The van der Waals surface area contributed by atoms with Crippen molar-refractivity contribution in [1.82, 2.24) is 15.1 Å². The second-order valence-electron chi connectivity index (χ2n) is 4.68. The molecule has 0 radical (unpaired) electrons. The number of aromatic nitrogens is 3. The quantitative estimate of drug-likeness (QED) is 0.679. The molecule has 0 saturated carbocycles. The Morgan fingerprint density at radius 3 is 2.52 bits per heavy atom. The number of anilines is 5. The predicted octanol–water partition coefficient (Wildman–Crippen LogP) is 3.12. The summed E-state index contributed by atoms with van der Waals surface area (Å²) in [6.07, 6.45) is 1.23. The normalized spacial score (nSPS) is 10.6. The van der Waals surface area contributed by atoms with Crippen molar-refractivity contribution >= 4 is 28.8 Å². The molecule has 0 aliphatic heterocycles. The monoisotopic (exact) mass is 318 g/mol. The van der Waals surface area contributed by atoms with Gasteiger partial charge in [-0.3, -0.25) is 0 Å². The number of halogens is 2. The molecule has 0 unspecified atom stereocenters. The van der Waals surface area contributed by atoms with E-state index in [9.17, 15) is 8.78 Å². The Kier molecular flexibility index (Phi) is 3.75. The molecule has 0 bridgehead atoms. The van der Waals surface area contributed by atoms with Gasteiger partial charge in [0.25, 0.3) is 0 Å². The van der Waals surface area contributed by atoms with Gasteiger partial charge in [0.2, 0.25) is 0 Å². The summed E-state index contributed by atoms with van der Waals surface area (Å²) in [4.78, 5) is 7.92. The number of benzene rings is 1. The van der Waals surface area contributed by atoms with E-state index in [0.717, 1.165) is 18.2 Å². The molecular formula is C14H12F2N6O. The van der Waals surface area contributed by atoms with Gasteiger partial charge in [-0.05, 0) is 19.1 Å². The molecule has 1 aromatic carbocycles. The second kappa shape index (κ2) is 5.87. The molecule has 118 valence electrons. The van der Waals surface area contributed by atoms with Crippen molar-refractivity contribution in [3.8, 4) is 0 Å². The summed E-state index contributed by atoms with van der Waals surface area (Å²) in [6.45, 7) is 1.74. The van der Waals surface area contributed by atoms with Crippen molar-refractivity contribution < 1.29 is 13.3 Å². The summed E-state index contributed by atoms with van der Waals surface area (Å²) < 4.78 is 31.8. The Morgan fingerprint density at radius 2 is 1.83 bits per heavy atom. The fraction of sp³-hybridized carbons (Fsp3) is 0.0714. The number of aryl methyl sites for hydroxylation is 1. The molecule has 3 rings (SSSR count). The number of nitrogens with two attached hydrogens (primary N) is 1. The third-order valence-electron chi connectivity index (χ3n) is 2.94. The first-order chi connectivity index (χ1) is 11.0. The first-order valence-corrected chi connectivity index (χ1v) is 6.56. The molecule has 7 nitrogen and oxygen atoms in total.